The fraction of sp³-hybridized carbons (Fsp3) is 0.444. The van der Waals surface area contributed by atoms with Crippen molar-refractivity contribution in [2.75, 3.05) is 7.11 Å². The van der Waals surface area contributed by atoms with E-state index in [2.05, 4.69) is 14.9 Å². The summed E-state index contributed by atoms with van der Waals surface area (Å²) in [5.74, 6) is -0.260. The first kappa shape index (κ1) is 13.5. The highest BCUT2D eigenvalue weighted by atomic mass is 35.5. The number of rotatable bonds is 4. The van der Waals surface area contributed by atoms with Crippen LogP contribution in [0.4, 0.5) is 0 Å². The Morgan fingerprint density at radius 2 is 2.25 bits per heavy atom. The summed E-state index contributed by atoms with van der Waals surface area (Å²) in [4.78, 5) is 11.7. The van der Waals surface area contributed by atoms with E-state index in [0.29, 0.717) is 11.3 Å². The van der Waals surface area contributed by atoms with Crippen molar-refractivity contribution < 1.29 is 9.53 Å². The van der Waals surface area contributed by atoms with Crippen molar-refractivity contribution in [1.29, 1.82) is 0 Å². The van der Waals surface area contributed by atoms with Gasteiger partial charge >= 0.3 is 5.97 Å². The second kappa shape index (κ2) is 6.27. The third-order valence-electron chi connectivity index (χ3n) is 1.70. The van der Waals surface area contributed by atoms with Crippen LogP contribution in [0.5, 0.6) is 0 Å². The average Bonchev–Trinajstić information content (AvgIpc) is 2.23. The van der Waals surface area contributed by atoms with E-state index in [9.17, 15) is 4.79 Å². The van der Waals surface area contributed by atoms with Crippen LogP contribution < -0.4 is 0 Å². The average molecular weight is 281 g/mol. The number of esters is 1. The van der Waals surface area contributed by atoms with Crippen LogP contribution in [-0.4, -0.2) is 28.5 Å². The summed E-state index contributed by atoms with van der Waals surface area (Å²) in [5.41, 5.74) is 0. The fourth-order valence-corrected chi connectivity index (χ4v) is 2.40. The third kappa shape index (κ3) is 4.15. The minimum atomic E-state index is -0.260. The van der Waals surface area contributed by atoms with Gasteiger partial charge in [0.2, 0.25) is 0 Å². The molecule has 0 spiro atoms. The monoisotopic (exact) mass is 280 g/mol. The van der Waals surface area contributed by atoms with Crippen molar-refractivity contribution in [1.82, 2.24) is 10.2 Å². The molecule has 0 N–H and O–H groups in total. The molecule has 0 radical (unpaired) electrons. The highest BCUT2D eigenvalue weighted by Crippen LogP contribution is 2.31. The van der Waals surface area contributed by atoms with Gasteiger partial charge in [-0.25, -0.2) is 0 Å². The van der Waals surface area contributed by atoms with E-state index in [1.165, 1.54) is 18.9 Å². The van der Waals surface area contributed by atoms with E-state index >= 15 is 0 Å². The largest absolute Gasteiger partial charge is 0.469 e. The number of carbonyl (C=O) groups excluding carboxylic acids is 1. The smallest absolute Gasteiger partial charge is 0.306 e. The molecule has 1 heterocycles. The zero-order chi connectivity index (χ0) is 12.1. The first-order valence-corrected chi connectivity index (χ1v) is 6.08. The zero-order valence-corrected chi connectivity index (χ0v) is 11.1. The molecule has 0 aliphatic carbocycles. The first-order chi connectivity index (χ1) is 7.52. The van der Waals surface area contributed by atoms with Crippen molar-refractivity contribution in [3.8, 4) is 0 Å². The normalized spacial score (nSPS) is 12.2. The van der Waals surface area contributed by atoms with Crippen LogP contribution in [0.15, 0.2) is 11.0 Å². The van der Waals surface area contributed by atoms with Gasteiger partial charge in [0, 0.05) is 10.1 Å². The SMILES string of the molecule is COC(=O)CC(C)Sc1cc(Cl)nnc1Cl. The molecule has 0 saturated carbocycles. The van der Waals surface area contributed by atoms with Gasteiger partial charge < -0.3 is 4.74 Å². The molecule has 7 heteroatoms. The molecule has 0 bridgehead atoms. The number of nitrogens with zero attached hydrogens (tertiary/aromatic N) is 2. The molecule has 0 fully saturated rings. The molecule has 1 aromatic heterocycles. The molecule has 1 atom stereocenters. The van der Waals surface area contributed by atoms with Crippen molar-refractivity contribution in [3.63, 3.8) is 0 Å². The van der Waals surface area contributed by atoms with Gasteiger partial charge in [0.15, 0.2) is 10.3 Å². The number of halogens is 2. The molecule has 0 amide bonds. The van der Waals surface area contributed by atoms with Gasteiger partial charge in [-0.1, -0.05) is 30.1 Å². The van der Waals surface area contributed by atoms with Crippen LogP contribution in [0.1, 0.15) is 13.3 Å². The van der Waals surface area contributed by atoms with E-state index in [1.54, 1.807) is 6.07 Å². The summed E-state index contributed by atoms with van der Waals surface area (Å²) in [6.07, 6.45) is 0.303. The second-order valence-electron chi connectivity index (χ2n) is 3.03. The standard InChI is InChI=1S/C9H10Cl2N2O2S/c1-5(3-8(14)15-2)16-6-4-7(10)12-13-9(6)11/h4-5H,3H2,1-2H3. The number of hydrogen-bond acceptors (Lipinski definition) is 5. The topological polar surface area (TPSA) is 52.1 Å². The Kier molecular flexibility index (Phi) is 5.31. The molecule has 0 aliphatic rings. The van der Waals surface area contributed by atoms with Crippen LogP contribution in [0.3, 0.4) is 0 Å². The van der Waals surface area contributed by atoms with Crippen LogP contribution in [-0.2, 0) is 9.53 Å². The molecule has 4 nitrogen and oxygen atoms in total. The Bertz CT molecular complexity index is 390. The molecule has 1 unspecified atom stereocenters. The summed E-state index contributed by atoms with van der Waals surface area (Å²) in [5, 5.41) is 7.87. The zero-order valence-electron chi connectivity index (χ0n) is 8.74. The minimum absolute atomic E-state index is 0.0326. The molecular weight excluding hydrogens is 271 g/mol. The predicted molar refractivity (Wildman–Crippen MR) is 64.0 cm³/mol. The fourth-order valence-electron chi connectivity index (χ4n) is 0.997. The lowest BCUT2D eigenvalue weighted by atomic mass is 10.3. The van der Waals surface area contributed by atoms with Gasteiger partial charge in [-0.15, -0.1) is 22.0 Å². The Labute approximate surface area is 108 Å². The molecule has 16 heavy (non-hydrogen) atoms. The van der Waals surface area contributed by atoms with Crippen LogP contribution >= 0.6 is 35.0 Å². The summed E-state index contributed by atoms with van der Waals surface area (Å²) in [7, 11) is 1.36. The van der Waals surface area contributed by atoms with Gasteiger partial charge in [0.05, 0.1) is 13.5 Å². The Balaban J connectivity index is 2.65. The van der Waals surface area contributed by atoms with Gasteiger partial charge in [-0.2, -0.15) is 0 Å². The second-order valence-corrected chi connectivity index (χ2v) is 5.26. The van der Waals surface area contributed by atoms with E-state index < -0.39 is 0 Å². The quantitative estimate of drug-likeness (QED) is 0.627. The summed E-state index contributed by atoms with van der Waals surface area (Å²) >= 11 is 12.9. The summed E-state index contributed by atoms with van der Waals surface area (Å²) < 4.78 is 4.57. The number of carbonyl (C=O) groups is 1. The Morgan fingerprint density at radius 3 is 2.88 bits per heavy atom. The molecular formula is C9H10Cl2N2O2S. The maximum Gasteiger partial charge on any atom is 0.306 e. The van der Waals surface area contributed by atoms with E-state index in [0.717, 1.165) is 0 Å². The van der Waals surface area contributed by atoms with Crippen LogP contribution in [0.2, 0.25) is 10.3 Å². The molecule has 88 valence electrons. The molecule has 0 aliphatic heterocycles. The van der Waals surface area contributed by atoms with Gasteiger partial charge in [0.25, 0.3) is 0 Å². The number of methoxy groups -OCH3 is 1. The van der Waals surface area contributed by atoms with Crippen molar-refractivity contribution in [2.45, 2.75) is 23.5 Å². The maximum atomic E-state index is 11.0. The molecule has 0 saturated heterocycles. The van der Waals surface area contributed by atoms with Gasteiger partial charge in [-0.05, 0) is 6.07 Å². The van der Waals surface area contributed by atoms with Crippen LogP contribution in [0.25, 0.3) is 0 Å². The van der Waals surface area contributed by atoms with Crippen LogP contribution in [0, 0.1) is 0 Å². The highest BCUT2D eigenvalue weighted by Gasteiger charge is 2.13. The predicted octanol–water partition coefficient (Wildman–Crippen LogP) is 2.83. The molecule has 0 aromatic carbocycles. The Morgan fingerprint density at radius 1 is 1.56 bits per heavy atom. The van der Waals surface area contributed by atoms with Crippen molar-refractivity contribution in [3.05, 3.63) is 16.4 Å². The Hall–Kier alpha value is -0.520. The number of aromatic nitrogens is 2. The summed E-state index contributed by atoms with van der Waals surface area (Å²) in [6.45, 7) is 1.90. The molecule has 1 rings (SSSR count). The number of thioether (sulfide) groups is 1. The number of hydrogen-bond donors (Lipinski definition) is 0. The first-order valence-electron chi connectivity index (χ1n) is 4.45. The molecule has 1 aromatic rings. The maximum absolute atomic E-state index is 11.0. The van der Waals surface area contributed by atoms with Gasteiger partial charge in [0.1, 0.15) is 0 Å². The minimum Gasteiger partial charge on any atom is -0.469 e. The third-order valence-corrected chi connectivity index (χ3v) is 3.41. The van der Waals surface area contributed by atoms with Gasteiger partial charge in [-0.3, -0.25) is 4.79 Å². The lowest BCUT2D eigenvalue weighted by molar-refractivity contribution is -0.140. The lowest BCUT2D eigenvalue weighted by Gasteiger charge is -2.10. The van der Waals surface area contributed by atoms with E-state index in [4.69, 9.17) is 23.2 Å². The lowest BCUT2D eigenvalue weighted by Crippen LogP contribution is -2.08. The van der Waals surface area contributed by atoms with Crippen molar-refractivity contribution in [2.24, 2.45) is 0 Å². The number of ether oxygens (including phenoxy) is 1. The van der Waals surface area contributed by atoms with E-state index in [1.807, 2.05) is 6.92 Å². The van der Waals surface area contributed by atoms with Crippen molar-refractivity contribution >= 4 is 40.9 Å². The highest BCUT2D eigenvalue weighted by molar-refractivity contribution is 8.00. The summed E-state index contributed by atoms with van der Waals surface area (Å²) in [6, 6.07) is 1.62. The van der Waals surface area contributed by atoms with E-state index in [-0.39, 0.29) is 21.5 Å².